The molecule has 7 heteroatoms. The van der Waals surface area contributed by atoms with Crippen LogP contribution in [0.2, 0.25) is 0 Å². The van der Waals surface area contributed by atoms with Crippen LogP contribution >= 0.6 is 11.3 Å². The molecule has 0 spiro atoms. The summed E-state index contributed by atoms with van der Waals surface area (Å²) >= 11 is 1.43. The minimum absolute atomic E-state index is 0.193. The summed E-state index contributed by atoms with van der Waals surface area (Å²) in [5.74, 6) is 0.456. The van der Waals surface area contributed by atoms with E-state index < -0.39 is 0 Å². The van der Waals surface area contributed by atoms with E-state index in [1.165, 1.54) is 18.4 Å². The number of aromatic nitrogens is 3. The SMILES string of the molecule is CCn1ccc(Nc2nc(CC(=O)OC)cs2)n1. The summed E-state index contributed by atoms with van der Waals surface area (Å²) in [6.45, 7) is 2.85. The smallest absolute Gasteiger partial charge is 0.311 e. The number of nitrogens with zero attached hydrogens (tertiary/aromatic N) is 3. The Bertz CT molecular complexity index is 535. The summed E-state index contributed by atoms with van der Waals surface area (Å²) in [6.07, 6.45) is 2.09. The number of ether oxygens (including phenoxy) is 1. The van der Waals surface area contributed by atoms with E-state index in [0.717, 1.165) is 17.5 Å². The van der Waals surface area contributed by atoms with Crippen molar-refractivity contribution in [2.75, 3.05) is 12.4 Å². The average molecular weight is 266 g/mol. The van der Waals surface area contributed by atoms with Gasteiger partial charge in [-0.2, -0.15) is 5.10 Å². The number of methoxy groups -OCH3 is 1. The van der Waals surface area contributed by atoms with Crippen LogP contribution in [0.1, 0.15) is 12.6 Å². The molecule has 6 nitrogen and oxygen atoms in total. The highest BCUT2D eigenvalue weighted by Gasteiger charge is 2.08. The van der Waals surface area contributed by atoms with Gasteiger partial charge in [-0.05, 0) is 6.92 Å². The first-order valence-electron chi connectivity index (χ1n) is 5.53. The second-order valence-corrected chi connectivity index (χ2v) is 4.44. The lowest BCUT2D eigenvalue weighted by molar-refractivity contribution is -0.139. The van der Waals surface area contributed by atoms with Gasteiger partial charge in [0.15, 0.2) is 10.9 Å². The Labute approximate surface area is 109 Å². The van der Waals surface area contributed by atoms with E-state index in [4.69, 9.17) is 0 Å². The lowest BCUT2D eigenvalue weighted by atomic mass is 10.3. The van der Waals surface area contributed by atoms with Crippen molar-refractivity contribution in [2.24, 2.45) is 0 Å². The third-order valence-corrected chi connectivity index (χ3v) is 3.11. The second-order valence-electron chi connectivity index (χ2n) is 3.58. The van der Waals surface area contributed by atoms with E-state index >= 15 is 0 Å². The number of rotatable bonds is 5. The lowest BCUT2D eigenvalue weighted by Gasteiger charge is -1.97. The summed E-state index contributed by atoms with van der Waals surface area (Å²) in [5.41, 5.74) is 0.698. The Hall–Kier alpha value is -1.89. The first-order chi connectivity index (χ1) is 8.71. The van der Waals surface area contributed by atoms with E-state index in [1.807, 2.05) is 29.2 Å². The van der Waals surface area contributed by atoms with Gasteiger partial charge in [-0.15, -0.1) is 11.3 Å². The first kappa shape index (κ1) is 12.6. The molecule has 96 valence electrons. The third-order valence-electron chi connectivity index (χ3n) is 2.30. The van der Waals surface area contributed by atoms with Crippen LogP contribution in [0.25, 0.3) is 0 Å². The minimum atomic E-state index is -0.290. The molecular formula is C11H14N4O2S. The third kappa shape index (κ3) is 3.07. The molecule has 0 aromatic carbocycles. The van der Waals surface area contributed by atoms with E-state index in [2.05, 4.69) is 20.1 Å². The number of esters is 1. The van der Waals surface area contributed by atoms with Crippen LogP contribution in [0.15, 0.2) is 17.6 Å². The van der Waals surface area contributed by atoms with Gasteiger partial charge in [-0.25, -0.2) is 4.98 Å². The van der Waals surface area contributed by atoms with Crippen LogP contribution in [0.4, 0.5) is 10.9 Å². The zero-order valence-corrected chi connectivity index (χ0v) is 11.0. The van der Waals surface area contributed by atoms with Gasteiger partial charge in [-0.1, -0.05) is 0 Å². The fourth-order valence-electron chi connectivity index (χ4n) is 1.38. The highest BCUT2D eigenvalue weighted by Crippen LogP contribution is 2.20. The highest BCUT2D eigenvalue weighted by molar-refractivity contribution is 7.13. The van der Waals surface area contributed by atoms with E-state index in [0.29, 0.717) is 5.69 Å². The molecule has 0 fully saturated rings. The van der Waals surface area contributed by atoms with Crippen molar-refractivity contribution in [1.82, 2.24) is 14.8 Å². The fourth-order valence-corrected chi connectivity index (χ4v) is 2.10. The summed E-state index contributed by atoms with van der Waals surface area (Å²) < 4.78 is 6.41. The molecule has 2 rings (SSSR count). The molecule has 0 saturated carbocycles. The maximum Gasteiger partial charge on any atom is 0.311 e. The van der Waals surface area contributed by atoms with Gasteiger partial charge < -0.3 is 10.1 Å². The standard InChI is InChI=1S/C11H14N4O2S/c1-3-15-5-4-9(14-15)13-11-12-8(7-18-11)6-10(16)17-2/h4-5,7H,3,6H2,1-2H3,(H,12,13,14). The maximum atomic E-state index is 11.1. The van der Waals surface area contributed by atoms with Gasteiger partial charge >= 0.3 is 5.97 Å². The van der Waals surface area contributed by atoms with Crippen molar-refractivity contribution < 1.29 is 9.53 Å². The molecule has 0 aliphatic heterocycles. The zero-order chi connectivity index (χ0) is 13.0. The molecule has 18 heavy (non-hydrogen) atoms. The Balaban J connectivity index is 1.99. The summed E-state index contributed by atoms with van der Waals surface area (Å²) in [5, 5.41) is 9.93. The van der Waals surface area contributed by atoms with Crippen LogP contribution < -0.4 is 5.32 Å². The van der Waals surface area contributed by atoms with E-state index in [-0.39, 0.29) is 12.4 Å². The topological polar surface area (TPSA) is 69.0 Å². The zero-order valence-electron chi connectivity index (χ0n) is 10.2. The van der Waals surface area contributed by atoms with Crippen LogP contribution in [0.3, 0.4) is 0 Å². The van der Waals surface area contributed by atoms with Crippen LogP contribution in [0, 0.1) is 0 Å². The molecule has 2 aromatic heterocycles. The van der Waals surface area contributed by atoms with Gasteiger partial charge in [0, 0.05) is 24.2 Å². The van der Waals surface area contributed by atoms with E-state index in [9.17, 15) is 4.79 Å². The second kappa shape index (κ2) is 5.63. The molecule has 0 aliphatic rings. The molecule has 1 N–H and O–H groups in total. The molecule has 0 radical (unpaired) electrons. The summed E-state index contributed by atoms with van der Waals surface area (Å²) in [6, 6.07) is 1.88. The quantitative estimate of drug-likeness (QED) is 0.836. The Morgan fingerprint density at radius 1 is 1.61 bits per heavy atom. The minimum Gasteiger partial charge on any atom is -0.469 e. The molecule has 0 unspecified atom stereocenters. The van der Waals surface area contributed by atoms with Gasteiger partial charge in [0.2, 0.25) is 0 Å². The maximum absolute atomic E-state index is 11.1. The van der Waals surface area contributed by atoms with Gasteiger partial charge in [0.05, 0.1) is 19.2 Å². The molecule has 0 aliphatic carbocycles. The number of hydrogen-bond donors (Lipinski definition) is 1. The molecular weight excluding hydrogens is 252 g/mol. The van der Waals surface area contributed by atoms with E-state index in [1.54, 1.807) is 0 Å². The largest absolute Gasteiger partial charge is 0.469 e. The van der Waals surface area contributed by atoms with Crippen molar-refractivity contribution in [1.29, 1.82) is 0 Å². The van der Waals surface area contributed by atoms with Crippen molar-refractivity contribution in [3.05, 3.63) is 23.3 Å². The summed E-state index contributed by atoms with van der Waals surface area (Å²) in [4.78, 5) is 15.4. The Kier molecular flexibility index (Phi) is 3.93. The number of thiazole rings is 1. The number of anilines is 2. The normalized spacial score (nSPS) is 10.3. The van der Waals surface area contributed by atoms with Gasteiger partial charge in [0.1, 0.15) is 0 Å². The van der Waals surface area contributed by atoms with Crippen molar-refractivity contribution in [2.45, 2.75) is 19.9 Å². The predicted molar refractivity (Wildman–Crippen MR) is 69.0 cm³/mol. The number of carbonyl (C=O) groups excluding carboxylic acids is 1. The molecule has 2 heterocycles. The van der Waals surface area contributed by atoms with Crippen molar-refractivity contribution in [3.8, 4) is 0 Å². The summed E-state index contributed by atoms with van der Waals surface area (Å²) in [7, 11) is 1.37. The van der Waals surface area contributed by atoms with Crippen LogP contribution in [0.5, 0.6) is 0 Å². The monoisotopic (exact) mass is 266 g/mol. The number of nitrogens with one attached hydrogen (secondary N) is 1. The van der Waals surface area contributed by atoms with Gasteiger partial charge in [0.25, 0.3) is 0 Å². The van der Waals surface area contributed by atoms with Gasteiger partial charge in [-0.3, -0.25) is 9.48 Å². The fraction of sp³-hybridized carbons (Fsp3) is 0.364. The molecule has 0 bridgehead atoms. The highest BCUT2D eigenvalue weighted by atomic mass is 32.1. The molecule has 0 saturated heterocycles. The average Bonchev–Trinajstić information content (AvgIpc) is 2.99. The van der Waals surface area contributed by atoms with Crippen molar-refractivity contribution >= 4 is 28.3 Å². The van der Waals surface area contributed by atoms with Crippen molar-refractivity contribution in [3.63, 3.8) is 0 Å². The Morgan fingerprint density at radius 2 is 2.44 bits per heavy atom. The molecule has 0 atom stereocenters. The number of hydrogen-bond acceptors (Lipinski definition) is 6. The first-order valence-corrected chi connectivity index (χ1v) is 6.41. The number of aryl methyl sites for hydroxylation is 1. The van der Waals surface area contributed by atoms with Crippen LogP contribution in [-0.2, 0) is 22.5 Å². The lowest BCUT2D eigenvalue weighted by Crippen LogP contribution is -2.04. The molecule has 0 amide bonds. The molecule has 2 aromatic rings. The predicted octanol–water partition coefficient (Wildman–Crippen LogP) is 1.82. The Morgan fingerprint density at radius 3 is 3.11 bits per heavy atom. The number of carbonyl (C=O) groups is 1. The van der Waals surface area contributed by atoms with Crippen LogP contribution in [-0.4, -0.2) is 27.8 Å².